The molecule has 1 N–H and O–H groups in total. The van der Waals surface area contributed by atoms with Gasteiger partial charge in [-0.15, -0.1) is 0 Å². The lowest BCUT2D eigenvalue weighted by molar-refractivity contribution is 0.379. The van der Waals surface area contributed by atoms with Gasteiger partial charge in [-0.3, -0.25) is 4.68 Å². The molecule has 1 aromatic rings. The zero-order valence-corrected chi connectivity index (χ0v) is 16.0. The van der Waals surface area contributed by atoms with Crippen molar-refractivity contribution in [3.63, 3.8) is 0 Å². The molecule has 1 atom stereocenters. The van der Waals surface area contributed by atoms with Crippen molar-refractivity contribution in [1.82, 2.24) is 15.1 Å². The summed E-state index contributed by atoms with van der Waals surface area (Å²) in [5, 5.41) is 7.76. The molecule has 1 unspecified atom stereocenters. The third-order valence-corrected chi connectivity index (χ3v) is 6.56. The highest BCUT2D eigenvalue weighted by Crippen LogP contribution is 2.36. The smallest absolute Gasteiger partial charge is 0.154 e. The van der Waals surface area contributed by atoms with Gasteiger partial charge in [0.05, 0.1) is 27.2 Å². The van der Waals surface area contributed by atoms with Gasteiger partial charge in [0, 0.05) is 12.3 Å². The molecule has 0 amide bonds. The van der Waals surface area contributed by atoms with Gasteiger partial charge < -0.3 is 5.32 Å². The second-order valence-electron chi connectivity index (χ2n) is 6.18. The maximum absolute atomic E-state index is 12.3. The molecule has 21 heavy (non-hydrogen) atoms. The number of hydrogen-bond donors (Lipinski definition) is 1. The Morgan fingerprint density at radius 2 is 2.00 bits per heavy atom. The third-order valence-electron chi connectivity index (χ3n) is 3.80. The topological polar surface area (TPSA) is 64.0 Å². The molecule has 7 heteroatoms. The number of hydrogen-bond acceptors (Lipinski definition) is 4. The maximum Gasteiger partial charge on any atom is 0.154 e. The van der Waals surface area contributed by atoms with Crippen molar-refractivity contribution in [2.75, 3.05) is 12.8 Å². The number of nitrogens with zero attached hydrogens (tertiary/aromatic N) is 2. The van der Waals surface area contributed by atoms with E-state index in [2.05, 4.69) is 33.3 Å². The van der Waals surface area contributed by atoms with Crippen molar-refractivity contribution in [2.24, 2.45) is 0 Å². The summed E-state index contributed by atoms with van der Waals surface area (Å²) in [6.45, 7) is 10.4. The molecule has 0 fully saturated rings. The van der Waals surface area contributed by atoms with Crippen LogP contribution in [0.2, 0.25) is 0 Å². The van der Waals surface area contributed by atoms with Gasteiger partial charge in [0.15, 0.2) is 9.84 Å². The predicted molar refractivity (Wildman–Crippen MR) is 90.3 cm³/mol. The van der Waals surface area contributed by atoms with Crippen LogP contribution in [0.1, 0.15) is 58.8 Å². The molecule has 0 spiro atoms. The molecule has 0 aliphatic heterocycles. The van der Waals surface area contributed by atoms with Gasteiger partial charge in [-0.05, 0) is 56.6 Å². The Hall–Kier alpha value is -0.400. The molecule has 0 aliphatic carbocycles. The van der Waals surface area contributed by atoms with E-state index in [1.807, 2.05) is 18.5 Å². The molecule has 0 aliphatic rings. The Morgan fingerprint density at radius 3 is 2.43 bits per heavy atom. The number of aromatic nitrogens is 2. The van der Waals surface area contributed by atoms with Crippen molar-refractivity contribution in [3.8, 4) is 0 Å². The quantitative estimate of drug-likeness (QED) is 0.790. The van der Waals surface area contributed by atoms with Crippen LogP contribution in [0.5, 0.6) is 0 Å². The van der Waals surface area contributed by atoms with Crippen LogP contribution in [-0.4, -0.2) is 35.7 Å². The first kappa shape index (κ1) is 18.6. The van der Waals surface area contributed by atoms with E-state index in [4.69, 9.17) is 0 Å². The first-order chi connectivity index (χ1) is 9.54. The molecule has 1 heterocycles. The van der Waals surface area contributed by atoms with Crippen LogP contribution in [0.4, 0.5) is 0 Å². The van der Waals surface area contributed by atoms with Crippen LogP contribution < -0.4 is 5.32 Å². The van der Waals surface area contributed by atoms with Crippen LogP contribution in [-0.2, 0) is 9.84 Å². The van der Waals surface area contributed by atoms with E-state index < -0.39 is 14.6 Å². The Kier molecular flexibility index (Phi) is 6.03. The molecular weight excluding hydrogens is 354 g/mol. The molecule has 0 bridgehead atoms. The highest BCUT2D eigenvalue weighted by molar-refractivity contribution is 9.10. The van der Waals surface area contributed by atoms with Crippen molar-refractivity contribution in [2.45, 2.75) is 57.9 Å². The highest BCUT2D eigenvalue weighted by atomic mass is 79.9. The van der Waals surface area contributed by atoms with Gasteiger partial charge in [-0.1, -0.05) is 6.92 Å². The van der Waals surface area contributed by atoms with Crippen molar-refractivity contribution in [3.05, 3.63) is 16.4 Å². The van der Waals surface area contributed by atoms with Crippen LogP contribution in [0.25, 0.3) is 0 Å². The van der Waals surface area contributed by atoms with Gasteiger partial charge in [0.1, 0.15) is 0 Å². The third kappa shape index (κ3) is 3.87. The SMILES string of the molecule is CCCNC(c1c(Br)cnn1C(C)C)C(C)(C)S(C)(=O)=O. The monoisotopic (exact) mass is 379 g/mol. The summed E-state index contributed by atoms with van der Waals surface area (Å²) < 4.78 is 26.3. The lowest BCUT2D eigenvalue weighted by Gasteiger charge is -2.34. The zero-order chi connectivity index (χ0) is 16.4. The Morgan fingerprint density at radius 1 is 1.43 bits per heavy atom. The summed E-state index contributed by atoms with van der Waals surface area (Å²) in [6.07, 6.45) is 3.95. The summed E-state index contributed by atoms with van der Waals surface area (Å²) in [5.74, 6) is 0. The zero-order valence-electron chi connectivity index (χ0n) is 13.6. The number of nitrogens with one attached hydrogen (secondary N) is 1. The molecule has 5 nitrogen and oxygen atoms in total. The van der Waals surface area contributed by atoms with E-state index >= 15 is 0 Å². The largest absolute Gasteiger partial charge is 0.307 e. The molecule has 1 aromatic heterocycles. The number of rotatable bonds is 7. The van der Waals surface area contributed by atoms with E-state index in [1.165, 1.54) is 6.26 Å². The predicted octanol–water partition coefficient (Wildman–Crippen LogP) is 3.09. The lowest BCUT2D eigenvalue weighted by atomic mass is 9.99. The van der Waals surface area contributed by atoms with E-state index in [1.54, 1.807) is 20.0 Å². The Balaban J connectivity index is 3.43. The van der Waals surface area contributed by atoms with Crippen LogP contribution >= 0.6 is 15.9 Å². The molecule has 0 radical (unpaired) electrons. The molecule has 0 saturated carbocycles. The molecule has 0 aromatic carbocycles. The summed E-state index contributed by atoms with van der Waals surface area (Å²) in [7, 11) is -3.24. The second kappa shape index (κ2) is 6.79. The highest BCUT2D eigenvalue weighted by Gasteiger charge is 2.42. The van der Waals surface area contributed by atoms with Crippen molar-refractivity contribution < 1.29 is 8.42 Å². The molecular formula is C14H26BrN3O2S. The van der Waals surface area contributed by atoms with Crippen LogP contribution in [0.3, 0.4) is 0 Å². The summed E-state index contributed by atoms with van der Waals surface area (Å²) >= 11 is 3.52. The normalized spacial score (nSPS) is 14.7. The minimum Gasteiger partial charge on any atom is -0.307 e. The van der Waals surface area contributed by atoms with Crippen LogP contribution in [0.15, 0.2) is 10.7 Å². The van der Waals surface area contributed by atoms with Gasteiger partial charge in [0.2, 0.25) is 0 Å². The summed E-state index contributed by atoms with van der Waals surface area (Å²) in [5.41, 5.74) is 0.883. The van der Waals surface area contributed by atoms with Gasteiger partial charge in [0.25, 0.3) is 0 Å². The van der Waals surface area contributed by atoms with E-state index in [0.717, 1.165) is 23.1 Å². The lowest BCUT2D eigenvalue weighted by Crippen LogP contribution is -2.46. The standard InChI is InChI=1S/C14H26BrN3O2S/c1-7-8-16-13(14(4,5)21(6,19)20)12-11(15)9-17-18(12)10(2)3/h9-10,13,16H,7-8H2,1-6H3. The second-order valence-corrected chi connectivity index (χ2v) is 9.63. The molecule has 122 valence electrons. The van der Waals surface area contributed by atoms with Crippen molar-refractivity contribution >= 4 is 25.8 Å². The number of sulfone groups is 1. The van der Waals surface area contributed by atoms with Gasteiger partial charge in [-0.2, -0.15) is 5.10 Å². The average Bonchev–Trinajstić information content (AvgIpc) is 2.70. The summed E-state index contributed by atoms with van der Waals surface area (Å²) in [6, 6.07) is -0.167. The first-order valence-electron chi connectivity index (χ1n) is 7.19. The number of halogens is 1. The first-order valence-corrected chi connectivity index (χ1v) is 9.88. The molecule has 0 saturated heterocycles. The minimum atomic E-state index is -3.24. The van der Waals surface area contributed by atoms with Gasteiger partial charge in [-0.25, -0.2) is 8.42 Å². The van der Waals surface area contributed by atoms with Crippen LogP contribution in [0, 0.1) is 0 Å². The Bertz CT molecular complexity index is 579. The van der Waals surface area contributed by atoms with E-state index in [0.29, 0.717) is 0 Å². The van der Waals surface area contributed by atoms with E-state index in [9.17, 15) is 8.42 Å². The Labute approximate surface area is 136 Å². The maximum atomic E-state index is 12.3. The average molecular weight is 380 g/mol. The van der Waals surface area contributed by atoms with Gasteiger partial charge >= 0.3 is 0 Å². The fourth-order valence-electron chi connectivity index (χ4n) is 2.21. The molecule has 1 rings (SSSR count). The van der Waals surface area contributed by atoms with E-state index in [-0.39, 0.29) is 12.1 Å². The minimum absolute atomic E-state index is 0.160. The van der Waals surface area contributed by atoms with Crippen molar-refractivity contribution in [1.29, 1.82) is 0 Å². The fourth-order valence-corrected chi connectivity index (χ4v) is 3.33. The summed E-state index contributed by atoms with van der Waals surface area (Å²) in [4.78, 5) is 0. The fraction of sp³-hybridized carbons (Fsp3) is 0.786.